The number of hydrogen-bond acceptors (Lipinski definition) is 4. The number of aromatic nitrogens is 1. The van der Waals surface area contributed by atoms with E-state index < -0.39 is 0 Å². The minimum atomic E-state index is -0.233. The molecule has 0 aliphatic carbocycles. The highest BCUT2D eigenvalue weighted by Gasteiger charge is 2.12. The van der Waals surface area contributed by atoms with Gasteiger partial charge in [0.25, 0.3) is 0 Å². The van der Waals surface area contributed by atoms with Crippen molar-refractivity contribution < 1.29 is 10.2 Å². The molecule has 2 aromatic carbocycles. The van der Waals surface area contributed by atoms with Crippen molar-refractivity contribution in [3.8, 4) is 11.5 Å². The molecule has 124 valence electrons. The van der Waals surface area contributed by atoms with Gasteiger partial charge in [0, 0.05) is 17.5 Å². The molecule has 0 radical (unpaired) electrons. The van der Waals surface area contributed by atoms with Gasteiger partial charge in [0.05, 0.1) is 5.52 Å². The fourth-order valence-corrected chi connectivity index (χ4v) is 2.84. The smallest absolute Gasteiger partial charge is 0.248 e. The molecule has 5 heteroatoms. The Kier molecular flexibility index (Phi) is 4.53. The summed E-state index contributed by atoms with van der Waals surface area (Å²) in [6.45, 7) is 2.82. The number of pyridine rings is 1. The van der Waals surface area contributed by atoms with Gasteiger partial charge in [0.15, 0.2) is 0 Å². The average molecular weight is 324 g/mol. The molecule has 3 rings (SSSR count). The molecule has 5 nitrogen and oxygen atoms in total. The van der Waals surface area contributed by atoms with Crippen LogP contribution >= 0.6 is 0 Å². The van der Waals surface area contributed by atoms with Crippen molar-refractivity contribution in [1.82, 2.24) is 10.3 Å². The Morgan fingerprint density at radius 3 is 2.54 bits per heavy atom. The molecule has 24 heavy (non-hydrogen) atoms. The van der Waals surface area contributed by atoms with E-state index in [1.807, 2.05) is 25.1 Å². The van der Waals surface area contributed by atoms with E-state index in [0.717, 1.165) is 29.5 Å². The van der Waals surface area contributed by atoms with Gasteiger partial charge in [-0.2, -0.15) is 0 Å². The van der Waals surface area contributed by atoms with E-state index in [9.17, 15) is 15.0 Å². The zero-order chi connectivity index (χ0) is 17.1. The Morgan fingerprint density at radius 2 is 1.79 bits per heavy atom. The minimum absolute atomic E-state index is 0.0658. The molecular formula is C19H20N2O3. The molecule has 4 N–H and O–H groups in total. The van der Waals surface area contributed by atoms with E-state index in [1.165, 1.54) is 6.07 Å². The van der Waals surface area contributed by atoms with Crippen LogP contribution in [0.2, 0.25) is 0 Å². The molecule has 0 spiro atoms. The van der Waals surface area contributed by atoms with Gasteiger partial charge in [0.2, 0.25) is 5.56 Å². The predicted octanol–water partition coefficient (Wildman–Crippen LogP) is 2.83. The fourth-order valence-electron chi connectivity index (χ4n) is 2.84. The van der Waals surface area contributed by atoms with Crippen molar-refractivity contribution in [2.24, 2.45) is 0 Å². The predicted molar refractivity (Wildman–Crippen MR) is 94.5 cm³/mol. The van der Waals surface area contributed by atoms with Crippen LogP contribution in [0.5, 0.6) is 11.5 Å². The highest BCUT2D eigenvalue weighted by atomic mass is 16.3. The molecule has 0 saturated heterocycles. The molecule has 0 aliphatic heterocycles. The second-order valence-corrected chi connectivity index (χ2v) is 5.88. The van der Waals surface area contributed by atoms with Crippen molar-refractivity contribution in [2.45, 2.75) is 19.4 Å². The maximum Gasteiger partial charge on any atom is 0.248 e. The second-order valence-electron chi connectivity index (χ2n) is 5.88. The lowest BCUT2D eigenvalue weighted by atomic mass is 10.0. The van der Waals surface area contributed by atoms with Crippen LogP contribution in [0.15, 0.2) is 53.3 Å². The molecule has 1 atom stereocenters. The van der Waals surface area contributed by atoms with E-state index in [2.05, 4.69) is 10.3 Å². The number of benzene rings is 2. The summed E-state index contributed by atoms with van der Waals surface area (Å²) in [5.41, 5.74) is 2.40. The number of aromatic hydroxyl groups is 2. The summed E-state index contributed by atoms with van der Waals surface area (Å²) >= 11 is 0. The summed E-state index contributed by atoms with van der Waals surface area (Å²) in [5, 5.41) is 23.5. The number of aromatic amines is 1. The second kappa shape index (κ2) is 6.76. The first kappa shape index (κ1) is 16.1. The molecule has 1 unspecified atom stereocenters. The van der Waals surface area contributed by atoms with Gasteiger partial charge in [-0.05, 0) is 55.3 Å². The average Bonchev–Trinajstić information content (AvgIpc) is 2.57. The number of fused-ring (bicyclic) bond motifs is 1. The third-order valence-corrected chi connectivity index (χ3v) is 4.17. The summed E-state index contributed by atoms with van der Waals surface area (Å²) in [4.78, 5) is 14.2. The van der Waals surface area contributed by atoms with Gasteiger partial charge in [-0.3, -0.25) is 4.79 Å². The molecule has 3 aromatic rings. The number of H-pyrrole nitrogens is 1. The van der Waals surface area contributed by atoms with Crippen molar-refractivity contribution in [2.75, 3.05) is 6.54 Å². The van der Waals surface area contributed by atoms with Crippen LogP contribution in [-0.4, -0.2) is 21.7 Å². The fraction of sp³-hybridized carbons (Fsp3) is 0.211. The number of hydrogen-bond donors (Lipinski definition) is 4. The summed E-state index contributed by atoms with van der Waals surface area (Å²) in [5.74, 6) is 0.340. The highest BCUT2D eigenvalue weighted by Crippen LogP contribution is 2.28. The summed E-state index contributed by atoms with van der Waals surface area (Å²) in [6.07, 6.45) is 0.845. The van der Waals surface area contributed by atoms with Crippen LogP contribution in [0.25, 0.3) is 10.9 Å². The lowest BCUT2D eigenvalue weighted by Gasteiger charge is -2.17. The van der Waals surface area contributed by atoms with Crippen molar-refractivity contribution in [3.63, 3.8) is 0 Å². The van der Waals surface area contributed by atoms with Gasteiger partial charge < -0.3 is 20.5 Å². The molecule has 0 bridgehead atoms. The quantitative estimate of drug-likeness (QED) is 0.581. The zero-order valence-electron chi connectivity index (χ0n) is 13.4. The van der Waals surface area contributed by atoms with E-state index in [0.29, 0.717) is 5.52 Å². The van der Waals surface area contributed by atoms with Crippen molar-refractivity contribution in [3.05, 3.63) is 70.0 Å². The Morgan fingerprint density at radius 1 is 1.04 bits per heavy atom. The van der Waals surface area contributed by atoms with E-state index in [-0.39, 0.29) is 23.1 Å². The monoisotopic (exact) mass is 324 g/mol. The largest absolute Gasteiger partial charge is 0.508 e. The number of rotatable bonds is 5. The number of phenolic OH excluding ortho intramolecular Hbond substituents is 2. The lowest BCUT2D eigenvalue weighted by Crippen LogP contribution is -2.21. The summed E-state index contributed by atoms with van der Waals surface area (Å²) < 4.78 is 0. The molecule has 0 fully saturated rings. The zero-order valence-corrected chi connectivity index (χ0v) is 13.4. The Bertz CT molecular complexity index is 901. The van der Waals surface area contributed by atoms with Gasteiger partial charge in [-0.1, -0.05) is 18.2 Å². The van der Waals surface area contributed by atoms with E-state index >= 15 is 0 Å². The Hall–Kier alpha value is -2.79. The molecule has 0 saturated carbocycles. The van der Waals surface area contributed by atoms with Crippen LogP contribution in [0.1, 0.15) is 24.1 Å². The van der Waals surface area contributed by atoms with E-state index in [1.54, 1.807) is 24.3 Å². The Labute approximate surface area is 139 Å². The highest BCUT2D eigenvalue weighted by molar-refractivity contribution is 5.87. The van der Waals surface area contributed by atoms with Crippen LogP contribution < -0.4 is 10.9 Å². The molecule has 1 aromatic heterocycles. The normalized spacial score (nSPS) is 12.4. The van der Waals surface area contributed by atoms with E-state index in [4.69, 9.17) is 0 Å². The maximum atomic E-state index is 11.5. The van der Waals surface area contributed by atoms with Crippen molar-refractivity contribution >= 4 is 10.9 Å². The molecule has 0 aliphatic rings. The van der Waals surface area contributed by atoms with Gasteiger partial charge >= 0.3 is 0 Å². The number of phenols is 2. The van der Waals surface area contributed by atoms with Gasteiger partial charge in [-0.15, -0.1) is 0 Å². The van der Waals surface area contributed by atoms with Crippen molar-refractivity contribution in [1.29, 1.82) is 0 Å². The van der Waals surface area contributed by atoms with Crippen LogP contribution in [0, 0.1) is 0 Å². The third kappa shape index (κ3) is 3.41. The SMILES string of the molecule is CC(NCCc1ccc(O)cc1)c1ccc(O)c2[nH]c(=O)ccc12. The first-order valence-corrected chi connectivity index (χ1v) is 7.91. The number of nitrogens with one attached hydrogen (secondary N) is 2. The minimum Gasteiger partial charge on any atom is -0.508 e. The topological polar surface area (TPSA) is 85.3 Å². The standard InChI is InChI=1S/C19H20N2O3/c1-12(20-11-10-13-2-4-14(22)5-3-13)15-6-8-17(23)19-16(15)7-9-18(24)21-19/h2-9,12,20,22-23H,10-11H2,1H3,(H,21,24). The van der Waals surface area contributed by atoms with Crippen LogP contribution in [0.3, 0.4) is 0 Å². The van der Waals surface area contributed by atoms with Crippen LogP contribution in [0.4, 0.5) is 0 Å². The lowest BCUT2D eigenvalue weighted by molar-refractivity contribution is 0.475. The third-order valence-electron chi connectivity index (χ3n) is 4.17. The van der Waals surface area contributed by atoms with Gasteiger partial charge in [0.1, 0.15) is 11.5 Å². The first-order valence-electron chi connectivity index (χ1n) is 7.91. The summed E-state index contributed by atoms with van der Waals surface area (Å²) in [7, 11) is 0. The van der Waals surface area contributed by atoms with Gasteiger partial charge in [-0.25, -0.2) is 0 Å². The van der Waals surface area contributed by atoms with Crippen LogP contribution in [-0.2, 0) is 6.42 Å². The maximum absolute atomic E-state index is 11.5. The first-order chi connectivity index (χ1) is 11.5. The molecule has 1 heterocycles. The summed E-state index contributed by atoms with van der Waals surface area (Å²) in [6, 6.07) is 13.9. The molecule has 0 amide bonds. The molecular weight excluding hydrogens is 304 g/mol. The Balaban J connectivity index is 1.74.